The molecule has 0 aromatic heterocycles. The van der Waals surface area contributed by atoms with Gasteiger partial charge in [-0.15, -0.1) is 0 Å². The van der Waals surface area contributed by atoms with Gasteiger partial charge in [0, 0.05) is 10.8 Å². The van der Waals surface area contributed by atoms with Gasteiger partial charge >= 0.3 is 0 Å². The molecule has 66 valence electrons. The Labute approximate surface area is 71.4 Å². The highest BCUT2D eigenvalue weighted by Gasteiger charge is 2.24. The summed E-state index contributed by atoms with van der Waals surface area (Å²) in [5.41, 5.74) is 0. The molecule has 0 atom stereocenters. The Bertz CT molecular complexity index is 111. The quantitative estimate of drug-likeness (QED) is 0.497. The van der Waals surface area contributed by atoms with Crippen molar-refractivity contribution in [2.24, 2.45) is 0 Å². The summed E-state index contributed by atoms with van der Waals surface area (Å²) in [6.07, 6.45) is 0. The third-order valence-electron chi connectivity index (χ3n) is 0.612. The highest BCUT2D eigenvalue weighted by molar-refractivity contribution is 6.83. The molecule has 5 heteroatoms. The minimum absolute atomic E-state index is 1.23. The fourth-order valence-corrected chi connectivity index (χ4v) is 8.27. The second-order valence-corrected chi connectivity index (χ2v) is 13.6. The van der Waals surface area contributed by atoms with E-state index in [0.29, 0.717) is 0 Å². The van der Waals surface area contributed by atoms with Crippen LogP contribution < -0.4 is 0 Å². The molecule has 0 aliphatic heterocycles. The van der Waals surface area contributed by atoms with Crippen LogP contribution in [-0.2, 0) is 4.12 Å². The standard InChI is InChI=1S/C6H18OSi2.N2/c1-8(2,3)7-9(4,5)6;1-2/h1-6H3;. The summed E-state index contributed by atoms with van der Waals surface area (Å²) in [5, 5.41) is 12.0. The Morgan fingerprint density at radius 3 is 0.909 bits per heavy atom. The largest absolute Gasteiger partial charge is 0.456 e. The molecule has 3 nitrogen and oxygen atoms in total. The first-order valence-corrected chi connectivity index (χ1v) is 10.4. The summed E-state index contributed by atoms with van der Waals surface area (Å²) in [7, 11) is -2.46. The maximum absolute atomic E-state index is 6.00. The van der Waals surface area contributed by atoms with Gasteiger partial charge < -0.3 is 4.12 Å². The van der Waals surface area contributed by atoms with Crippen molar-refractivity contribution in [2.75, 3.05) is 0 Å². The smallest absolute Gasteiger partial charge is 0.170 e. The zero-order valence-corrected chi connectivity index (χ0v) is 10.3. The Hall–Kier alpha value is -0.186. The van der Waals surface area contributed by atoms with Gasteiger partial charge in [0.25, 0.3) is 0 Å². The number of hydrogen-bond acceptors (Lipinski definition) is 3. The van der Waals surface area contributed by atoms with E-state index in [4.69, 9.17) is 14.9 Å². The van der Waals surface area contributed by atoms with E-state index in [1.807, 2.05) is 0 Å². The molecular weight excluding hydrogens is 172 g/mol. The van der Waals surface area contributed by atoms with Crippen molar-refractivity contribution in [1.29, 1.82) is 10.8 Å². The summed E-state index contributed by atoms with van der Waals surface area (Å²) >= 11 is 0. The fourth-order valence-electron chi connectivity index (χ4n) is 0.919. The van der Waals surface area contributed by atoms with E-state index >= 15 is 0 Å². The van der Waals surface area contributed by atoms with Gasteiger partial charge in [-0.1, -0.05) is 0 Å². The summed E-state index contributed by atoms with van der Waals surface area (Å²) in [6.45, 7) is 13.4. The first-order valence-electron chi connectivity index (χ1n) is 3.61. The number of nitrogens with zero attached hydrogens (tertiary/aromatic N) is 2. The minimum Gasteiger partial charge on any atom is -0.456 e. The van der Waals surface area contributed by atoms with Crippen molar-refractivity contribution in [1.82, 2.24) is 0 Å². The summed E-state index contributed by atoms with van der Waals surface area (Å²) in [6, 6.07) is 0. The Kier molecular flexibility index (Phi) is 5.66. The Balaban J connectivity index is 0. The molecule has 11 heavy (non-hydrogen) atoms. The lowest BCUT2D eigenvalue weighted by atomic mass is 11.8. The molecule has 0 fully saturated rings. The number of rotatable bonds is 2. The monoisotopic (exact) mass is 190 g/mol. The molecule has 0 radical (unpaired) electrons. The molecular formula is C6H18N2OSi2. The molecule has 0 aromatic carbocycles. The van der Waals surface area contributed by atoms with Crippen LogP contribution in [0, 0.1) is 10.8 Å². The topological polar surface area (TPSA) is 56.8 Å². The molecule has 0 bridgehead atoms. The lowest BCUT2D eigenvalue weighted by Gasteiger charge is -2.27. The van der Waals surface area contributed by atoms with Gasteiger partial charge in [0.15, 0.2) is 16.6 Å². The first-order chi connectivity index (χ1) is 4.71. The molecule has 0 spiro atoms. The Morgan fingerprint density at radius 2 is 0.909 bits per heavy atom. The van der Waals surface area contributed by atoms with E-state index in [1.165, 1.54) is 0 Å². The predicted octanol–water partition coefficient (Wildman–Crippen LogP) is 2.70. The number of hydrogen-bond donors (Lipinski definition) is 0. The zero-order valence-electron chi connectivity index (χ0n) is 8.30. The fraction of sp³-hybridized carbons (Fsp3) is 1.00. The van der Waals surface area contributed by atoms with Crippen molar-refractivity contribution >= 4 is 16.6 Å². The van der Waals surface area contributed by atoms with E-state index in [2.05, 4.69) is 39.3 Å². The van der Waals surface area contributed by atoms with Crippen LogP contribution in [0.1, 0.15) is 0 Å². The third-order valence-corrected chi connectivity index (χ3v) is 5.51. The van der Waals surface area contributed by atoms with Crippen molar-refractivity contribution in [3.05, 3.63) is 0 Å². The summed E-state index contributed by atoms with van der Waals surface area (Å²) < 4.78 is 5.90. The van der Waals surface area contributed by atoms with Crippen molar-refractivity contribution in [3.63, 3.8) is 0 Å². The summed E-state index contributed by atoms with van der Waals surface area (Å²) in [5.74, 6) is 0. The van der Waals surface area contributed by atoms with Gasteiger partial charge in [-0.05, 0) is 39.3 Å². The van der Waals surface area contributed by atoms with Crippen LogP contribution in [0.5, 0.6) is 0 Å². The van der Waals surface area contributed by atoms with E-state index < -0.39 is 16.6 Å². The lowest BCUT2D eigenvalue weighted by Crippen LogP contribution is -2.39. The van der Waals surface area contributed by atoms with Crippen LogP contribution in [-0.4, -0.2) is 16.6 Å². The molecule has 0 saturated heterocycles. The van der Waals surface area contributed by atoms with Crippen LogP contribution in [0.3, 0.4) is 0 Å². The van der Waals surface area contributed by atoms with Crippen LogP contribution in [0.4, 0.5) is 0 Å². The van der Waals surface area contributed by atoms with Crippen LogP contribution in [0.2, 0.25) is 39.3 Å². The van der Waals surface area contributed by atoms with Crippen molar-refractivity contribution in [3.8, 4) is 0 Å². The molecule has 0 N–H and O–H groups in total. The van der Waals surface area contributed by atoms with Gasteiger partial charge in [0.2, 0.25) is 0 Å². The predicted molar refractivity (Wildman–Crippen MR) is 51.2 cm³/mol. The SMILES string of the molecule is C[Si](C)(C)O[Si](C)(C)C.N#N. The normalized spacial score (nSPS) is 11.6. The van der Waals surface area contributed by atoms with Gasteiger partial charge in [-0.2, -0.15) is 0 Å². The highest BCUT2D eigenvalue weighted by atomic mass is 28.4. The van der Waals surface area contributed by atoms with Crippen LogP contribution in [0.15, 0.2) is 0 Å². The molecule has 0 aliphatic carbocycles. The van der Waals surface area contributed by atoms with Gasteiger partial charge in [-0.25, -0.2) is 0 Å². The third kappa shape index (κ3) is 17.7. The van der Waals surface area contributed by atoms with E-state index in [-0.39, 0.29) is 0 Å². The Morgan fingerprint density at radius 1 is 0.727 bits per heavy atom. The van der Waals surface area contributed by atoms with E-state index in [1.54, 1.807) is 0 Å². The van der Waals surface area contributed by atoms with Crippen molar-refractivity contribution < 1.29 is 4.12 Å². The minimum atomic E-state index is -1.23. The average molecular weight is 190 g/mol. The molecule has 0 unspecified atom stereocenters. The van der Waals surface area contributed by atoms with Gasteiger partial charge in [-0.3, -0.25) is 0 Å². The molecule has 0 rings (SSSR count). The average Bonchev–Trinajstić information content (AvgIpc) is 1.60. The second-order valence-electron chi connectivity index (χ2n) is 4.33. The van der Waals surface area contributed by atoms with Gasteiger partial charge in [0.05, 0.1) is 0 Å². The molecule has 0 heterocycles. The first kappa shape index (κ1) is 13.4. The second kappa shape index (κ2) is 4.64. The maximum Gasteiger partial charge on any atom is 0.170 e. The maximum atomic E-state index is 6.00. The van der Waals surface area contributed by atoms with E-state index in [9.17, 15) is 0 Å². The van der Waals surface area contributed by atoms with Gasteiger partial charge in [0.1, 0.15) is 0 Å². The molecule has 0 amide bonds. The molecule has 0 saturated carbocycles. The zero-order chi connectivity index (χ0) is 9.71. The molecule has 0 aliphatic rings. The van der Waals surface area contributed by atoms with E-state index in [0.717, 1.165) is 0 Å². The highest BCUT2D eigenvalue weighted by Crippen LogP contribution is 2.12. The van der Waals surface area contributed by atoms with Crippen LogP contribution >= 0.6 is 0 Å². The summed E-state index contributed by atoms with van der Waals surface area (Å²) in [4.78, 5) is 0. The molecule has 0 aromatic rings. The lowest BCUT2D eigenvalue weighted by molar-refractivity contribution is 0.559. The van der Waals surface area contributed by atoms with Crippen LogP contribution in [0.25, 0.3) is 0 Å². The van der Waals surface area contributed by atoms with Crippen molar-refractivity contribution in [2.45, 2.75) is 39.3 Å².